The summed E-state index contributed by atoms with van der Waals surface area (Å²) in [5.74, 6) is -1.24. The Kier molecular flexibility index (Phi) is 6.41. The van der Waals surface area contributed by atoms with Crippen LogP contribution in [0.15, 0.2) is 6.07 Å². The van der Waals surface area contributed by atoms with Crippen molar-refractivity contribution in [2.24, 2.45) is 0 Å². The minimum atomic E-state index is -4.67. The van der Waals surface area contributed by atoms with Crippen molar-refractivity contribution in [1.29, 1.82) is 0 Å². The molecule has 0 aliphatic heterocycles. The van der Waals surface area contributed by atoms with Gasteiger partial charge in [0.05, 0.1) is 0 Å². The average Bonchev–Trinajstić information content (AvgIpc) is 1.94. The molecule has 0 bridgehead atoms. The van der Waals surface area contributed by atoms with E-state index in [9.17, 15) is 17.6 Å². The zero-order chi connectivity index (χ0) is 10.2. The Bertz CT molecular complexity index is 331. The number of halogens is 4. The molecule has 5 heteroatoms. The van der Waals surface area contributed by atoms with E-state index in [0.29, 0.717) is 0 Å². The molecule has 0 fully saturated rings. The fourth-order valence-electron chi connectivity index (χ4n) is 1.07. The molecule has 0 aliphatic carbocycles. The van der Waals surface area contributed by atoms with Crippen LogP contribution in [0, 0.1) is 33.2 Å². The third-order valence-electron chi connectivity index (χ3n) is 1.60. The number of rotatable bonds is 0. The van der Waals surface area contributed by atoms with Crippen LogP contribution in [0.2, 0.25) is 0 Å². The van der Waals surface area contributed by atoms with Crippen LogP contribution in [-0.4, -0.2) is 0 Å². The molecule has 0 atom stereocenters. The summed E-state index contributed by atoms with van der Waals surface area (Å²) in [6.07, 6.45) is -4.67. The summed E-state index contributed by atoms with van der Waals surface area (Å²) >= 11 is 0. The molecule has 0 saturated carbocycles. The third-order valence-corrected chi connectivity index (χ3v) is 1.60. The molecular weight excluding hydrogens is 380 g/mol. The first-order valence-corrected chi connectivity index (χ1v) is 3.58. The molecule has 1 rings (SSSR count). The van der Waals surface area contributed by atoms with Crippen molar-refractivity contribution in [3.63, 3.8) is 0 Å². The van der Waals surface area contributed by atoms with Gasteiger partial charge in [-0.25, -0.2) is 0 Å². The Morgan fingerprint density at radius 1 is 1.20 bits per heavy atom. The molecule has 0 spiro atoms. The van der Waals surface area contributed by atoms with Gasteiger partial charge in [-0.2, -0.15) is 30.9 Å². The summed E-state index contributed by atoms with van der Waals surface area (Å²) in [5.41, 5.74) is -1.04. The summed E-state index contributed by atoms with van der Waals surface area (Å²) < 4.78 is 49.3. The number of benzene rings is 1. The first-order chi connectivity index (χ1) is 5.82. The van der Waals surface area contributed by atoms with Crippen molar-refractivity contribution in [3.05, 3.63) is 42.1 Å². The van der Waals surface area contributed by atoms with Crippen LogP contribution < -0.4 is 0 Å². The van der Waals surface area contributed by atoms with Crippen molar-refractivity contribution < 1.29 is 38.6 Å². The van der Waals surface area contributed by atoms with Crippen LogP contribution in [0.5, 0.6) is 0 Å². The van der Waals surface area contributed by atoms with Crippen LogP contribution in [0.25, 0.3) is 0 Å². The molecule has 0 heterocycles. The molecule has 0 aliphatic rings. The van der Waals surface area contributed by atoms with Gasteiger partial charge >= 0.3 is 27.2 Å². The Labute approximate surface area is 101 Å². The van der Waals surface area contributed by atoms with Crippen molar-refractivity contribution in [2.45, 2.75) is 20.0 Å². The molecule has 1 aromatic rings. The van der Waals surface area contributed by atoms with Crippen LogP contribution in [0.1, 0.15) is 16.7 Å². The average molecular weight is 390 g/mol. The zero-order valence-corrected chi connectivity index (χ0v) is 11.4. The van der Waals surface area contributed by atoms with Gasteiger partial charge in [0.2, 0.25) is 0 Å². The predicted molar refractivity (Wildman–Crippen MR) is 46.1 cm³/mol. The van der Waals surface area contributed by atoms with E-state index in [2.05, 4.69) is 0 Å². The quantitative estimate of drug-likeness (QED) is 0.468. The molecule has 0 amide bonds. The maximum atomic E-state index is 12.9. The maximum Gasteiger partial charge on any atom is 2.00 e. The normalized spacial score (nSPS) is 10.3. The monoisotopic (exact) mass is 390 g/mol. The summed E-state index contributed by atoms with van der Waals surface area (Å²) in [7, 11) is 0. The molecule has 0 nitrogen and oxygen atoms in total. The minimum Gasteiger partial charge on any atom is -0.358 e. The van der Waals surface area contributed by atoms with Gasteiger partial charge in [0, 0.05) is 5.82 Å². The molecule has 0 unspecified atom stereocenters. The zero-order valence-electron chi connectivity index (χ0n) is 8.50. The minimum absolute atomic E-state index is 0. The Hall–Kier alpha value is -0.372. The molecular formula is C10H10F4W. The Morgan fingerprint density at radius 2 is 1.67 bits per heavy atom. The number of alkyl halides is 3. The van der Waals surface area contributed by atoms with E-state index < -0.39 is 17.6 Å². The van der Waals surface area contributed by atoms with Gasteiger partial charge in [0.15, 0.2) is 0 Å². The molecule has 0 aromatic heterocycles. The van der Waals surface area contributed by atoms with Crippen LogP contribution in [-0.2, 0) is 27.2 Å². The van der Waals surface area contributed by atoms with E-state index in [-0.39, 0.29) is 39.6 Å². The SMILES string of the molecule is Cc1[c-]c(C(F)(F)F)c(F)c(C)c1.[CH3-].[W+2]. The predicted octanol–water partition coefficient (Wildman–Crippen LogP) is 3.71. The standard InChI is InChI=1S/C9H7F4.CH3.W/c1-5-3-6(2)8(10)7(4-5)9(11,12)13;;/h3H,1-2H3;1H3;/q2*-1;+2. The number of hydrogen-bond acceptors (Lipinski definition) is 0. The molecule has 15 heavy (non-hydrogen) atoms. The van der Waals surface area contributed by atoms with Gasteiger partial charge in [-0.05, 0) is 5.56 Å². The maximum absolute atomic E-state index is 12.9. The Morgan fingerprint density at radius 3 is 2.07 bits per heavy atom. The first-order valence-electron chi connectivity index (χ1n) is 3.58. The van der Waals surface area contributed by atoms with Crippen molar-refractivity contribution in [2.75, 3.05) is 0 Å². The number of aryl methyl sites for hydroxylation is 2. The fraction of sp³-hybridized carbons (Fsp3) is 0.300. The van der Waals surface area contributed by atoms with E-state index in [1.54, 1.807) is 0 Å². The van der Waals surface area contributed by atoms with Gasteiger partial charge in [-0.15, -0.1) is 5.56 Å². The van der Waals surface area contributed by atoms with Crippen LogP contribution in [0.3, 0.4) is 0 Å². The fourth-order valence-corrected chi connectivity index (χ4v) is 1.07. The van der Waals surface area contributed by atoms with Crippen LogP contribution >= 0.6 is 0 Å². The van der Waals surface area contributed by atoms with E-state index >= 15 is 0 Å². The van der Waals surface area contributed by atoms with Gasteiger partial charge in [0.1, 0.15) is 0 Å². The smallest absolute Gasteiger partial charge is 0.358 e. The van der Waals surface area contributed by atoms with Crippen molar-refractivity contribution in [1.82, 2.24) is 0 Å². The summed E-state index contributed by atoms with van der Waals surface area (Å²) in [5, 5.41) is 0. The van der Waals surface area contributed by atoms with E-state index in [0.717, 1.165) is 0 Å². The van der Waals surface area contributed by atoms with E-state index in [1.807, 2.05) is 6.07 Å². The van der Waals surface area contributed by atoms with Crippen LogP contribution in [0.4, 0.5) is 17.6 Å². The summed E-state index contributed by atoms with van der Waals surface area (Å²) in [4.78, 5) is 0. The summed E-state index contributed by atoms with van der Waals surface area (Å²) in [6, 6.07) is 3.28. The van der Waals surface area contributed by atoms with Gasteiger partial charge in [-0.3, -0.25) is 4.39 Å². The Balaban J connectivity index is 0. The first kappa shape index (κ1) is 17.0. The van der Waals surface area contributed by atoms with E-state index in [1.165, 1.54) is 19.9 Å². The second-order valence-corrected chi connectivity index (χ2v) is 2.82. The van der Waals surface area contributed by atoms with Gasteiger partial charge < -0.3 is 7.43 Å². The van der Waals surface area contributed by atoms with Crippen molar-refractivity contribution in [3.8, 4) is 0 Å². The van der Waals surface area contributed by atoms with Crippen molar-refractivity contribution >= 4 is 0 Å². The molecule has 1 aromatic carbocycles. The third kappa shape index (κ3) is 3.94. The molecule has 0 N–H and O–H groups in total. The largest absolute Gasteiger partial charge is 2.00 e. The van der Waals surface area contributed by atoms with Gasteiger partial charge in [-0.1, -0.05) is 13.8 Å². The topological polar surface area (TPSA) is 0 Å². The second-order valence-electron chi connectivity index (χ2n) is 2.82. The molecule has 0 saturated heterocycles. The number of hydrogen-bond donors (Lipinski definition) is 0. The summed E-state index contributed by atoms with van der Waals surface area (Å²) in [6.45, 7) is 2.74. The molecule has 84 valence electrons. The molecule has 0 radical (unpaired) electrons. The van der Waals surface area contributed by atoms with Gasteiger partial charge in [0.25, 0.3) is 0 Å². The second kappa shape index (κ2) is 5.64. The van der Waals surface area contributed by atoms with E-state index in [4.69, 9.17) is 0 Å².